The first-order valence-corrected chi connectivity index (χ1v) is 7.99. The van der Waals surface area contributed by atoms with E-state index in [2.05, 4.69) is 10.6 Å². The van der Waals surface area contributed by atoms with Crippen molar-refractivity contribution in [1.82, 2.24) is 5.32 Å². The van der Waals surface area contributed by atoms with Crippen molar-refractivity contribution in [3.8, 4) is 5.75 Å². The normalized spacial score (nSPS) is 11.6. The van der Waals surface area contributed by atoms with Crippen LogP contribution in [0.15, 0.2) is 48.5 Å². The molecular weight excluding hydrogens is 304 g/mol. The third-order valence-electron chi connectivity index (χ3n) is 3.91. The van der Waals surface area contributed by atoms with Crippen LogP contribution in [0.3, 0.4) is 0 Å². The van der Waals surface area contributed by atoms with Gasteiger partial charge in [0.15, 0.2) is 0 Å². The highest BCUT2D eigenvalue weighted by Crippen LogP contribution is 2.21. The summed E-state index contributed by atoms with van der Waals surface area (Å²) in [5.74, 6) is 0.868. The molecule has 0 aliphatic heterocycles. The van der Waals surface area contributed by atoms with Crippen LogP contribution in [0.4, 0.5) is 10.5 Å². The lowest BCUT2D eigenvalue weighted by Crippen LogP contribution is -2.32. The largest absolute Gasteiger partial charge is 0.496 e. The Labute approximate surface area is 142 Å². The lowest BCUT2D eigenvalue weighted by atomic mass is 9.96. The molecular formula is C19H24N2O3. The number of nitrogens with one attached hydrogen (secondary N) is 2. The van der Waals surface area contributed by atoms with Crippen LogP contribution in [-0.2, 0) is 0 Å². The topological polar surface area (TPSA) is 70.6 Å². The summed E-state index contributed by atoms with van der Waals surface area (Å²) in [7, 11) is 1.62. The number of rotatable bonds is 7. The summed E-state index contributed by atoms with van der Waals surface area (Å²) in [5.41, 5.74) is 2.77. The lowest BCUT2D eigenvalue weighted by Gasteiger charge is -2.17. The summed E-state index contributed by atoms with van der Waals surface area (Å²) in [4.78, 5) is 12.1. The molecule has 0 aliphatic rings. The van der Waals surface area contributed by atoms with Crippen molar-refractivity contribution >= 4 is 11.7 Å². The number of aliphatic hydroxyl groups is 1. The molecule has 3 N–H and O–H groups in total. The minimum atomic E-state index is -0.265. The number of methoxy groups -OCH3 is 1. The molecule has 0 saturated heterocycles. The van der Waals surface area contributed by atoms with Crippen molar-refractivity contribution < 1.29 is 14.6 Å². The molecule has 0 heterocycles. The molecule has 0 aliphatic carbocycles. The van der Waals surface area contributed by atoms with Crippen molar-refractivity contribution in [2.24, 2.45) is 0 Å². The van der Waals surface area contributed by atoms with E-state index >= 15 is 0 Å². The maximum absolute atomic E-state index is 12.1. The molecule has 0 radical (unpaired) electrons. The van der Waals surface area contributed by atoms with Crippen LogP contribution in [0.2, 0.25) is 0 Å². The van der Waals surface area contributed by atoms with E-state index in [9.17, 15) is 9.90 Å². The first-order valence-electron chi connectivity index (χ1n) is 7.99. The summed E-state index contributed by atoms with van der Waals surface area (Å²) in [6, 6.07) is 15.1. The molecule has 0 bridgehead atoms. The summed E-state index contributed by atoms with van der Waals surface area (Å²) >= 11 is 0. The van der Waals surface area contributed by atoms with E-state index in [1.54, 1.807) is 13.2 Å². The zero-order valence-corrected chi connectivity index (χ0v) is 14.1. The van der Waals surface area contributed by atoms with Crippen LogP contribution in [0.5, 0.6) is 5.75 Å². The van der Waals surface area contributed by atoms with Crippen LogP contribution in [0.25, 0.3) is 0 Å². The molecule has 2 rings (SSSR count). The molecule has 0 spiro atoms. The van der Waals surface area contributed by atoms with Gasteiger partial charge in [0, 0.05) is 24.8 Å². The molecule has 1 unspecified atom stereocenters. The van der Waals surface area contributed by atoms with E-state index in [4.69, 9.17) is 4.74 Å². The number of hydrogen-bond acceptors (Lipinski definition) is 3. The summed E-state index contributed by atoms with van der Waals surface area (Å²) in [5, 5.41) is 14.9. The zero-order chi connectivity index (χ0) is 17.4. The molecule has 0 fully saturated rings. The van der Waals surface area contributed by atoms with Gasteiger partial charge in [0.25, 0.3) is 0 Å². The van der Waals surface area contributed by atoms with Gasteiger partial charge in [-0.15, -0.1) is 0 Å². The first kappa shape index (κ1) is 17.8. The second-order valence-corrected chi connectivity index (χ2v) is 5.64. The highest BCUT2D eigenvalue weighted by atomic mass is 16.5. The summed E-state index contributed by atoms with van der Waals surface area (Å²) < 4.78 is 5.21. The van der Waals surface area contributed by atoms with Crippen LogP contribution in [-0.4, -0.2) is 31.4 Å². The van der Waals surface area contributed by atoms with E-state index < -0.39 is 0 Å². The molecule has 128 valence electrons. The summed E-state index contributed by atoms with van der Waals surface area (Å²) in [6.45, 7) is 2.47. The van der Waals surface area contributed by atoms with Crippen LogP contribution in [0, 0.1) is 6.92 Å². The number of amides is 2. The molecule has 5 nitrogen and oxygen atoms in total. The fourth-order valence-electron chi connectivity index (χ4n) is 2.61. The fraction of sp³-hybridized carbons (Fsp3) is 0.316. The Morgan fingerprint density at radius 3 is 2.58 bits per heavy atom. The Hall–Kier alpha value is -2.53. The van der Waals surface area contributed by atoms with Crippen LogP contribution in [0.1, 0.15) is 23.5 Å². The maximum atomic E-state index is 12.1. The number of urea groups is 1. The Balaban J connectivity index is 1.92. The third-order valence-corrected chi connectivity index (χ3v) is 3.91. The molecule has 24 heavy (non-hydrogen) atoms. The Kier molecular flexibility index (Phi) is 6.63. The number of anilines is 1. The van der Waals surface area contributed by atoms with Crippen LogP contribution >= 0.6 is 0 Å². The van der Waals surface area contributed by atoms with Gasteiger partial charge < -0.3 is 20.5 Å². The first-order chi connectivity index (χ1) is 11.6. The fourth-order valence-corrected chi connectivity index (χ4v) is 2.61. The van der Waals surface area contributed by atoms with Gasteiger partial charge in [-0.05, 0) is 42.7 Å². The second-order valence-electron chi connectivity index (χ2n) is 5.64. The van der Waals surface area contributed by atoms with E-state index in [0.717, 1.165) is 16.9 Å². The van der Waals surface area contributed by atoms with Crippen molar-refractivity contribution in [3.63, 3.8) is 0 Å². The number of carbonyl (C=O) groups excluding carboxylic acids is 1. The van der Waals surface area contributed by atoms with Crippen molar-refractivity contribution in [2.45, 2.75) is 19.3 Å². The van der Waals surface area contributed by atoms with E-state index in [1.165, 1.54) is 0 Å². The van der Waals surface area contributed by atoms with Crippen molar-refractivity contribution in [3.05, 3.63) is 59.7 Å². The molecule has 5 heteroatoms. The number of benzene rings is 2. The molecule has 2 aromatic rings. The SMILES string of the molecule is COc1ccc(NC(=O)NCC(CCO)c2ccccc2)cc1C. The van der Waals surface area contributed by atoms with Gasteiger partial charge in [-0.2, -0.15) is 0 Å². The predicted octanol–water partition coefficient (Wildman–Crippen LogP) is 3.29. The average Bonchev–Trinajstić information content (AvgIpc) is 2.59. The van der Waals surface area contributed by atoms with Crippen molar-refractivity contribution in [1.29, 1.82) is 0 Å². The van der Waals surface area contributed by atoms with Crippen molar-refractivity contribution in [2.75, 3.05) is 25.6 Å². The smallest absolute Gasteiger partial charge is 0.319 e. The predicted molar refractivity (Wildman–Crippen MR) is 95.6 cm³/mol. The zero-order valence-electron chi connectivity index (χ0n) is 14.1. The Morgan fingerprint density at radius 1 is 1.21 bits per heavy atom. The number of hydrogen-bond donors (Lipinski definition) is 3. The van der Waals surface area contributed by atoms with Gasteiger partial charge in [0.1, 0.15) is 5.75 Å². The van der Waals surface area contributed by atoms with Gasteiger partial charge in [0.05, 0.1) is 7.11 Å². The average molecular weight is 328 g/mol. The van der Waals surface area contributed by atoms with Gasteiger partial charge in [-0.1, -0.05) is 30.3 Å². The highest BCUT2D eigenvalue weighted by molar-refractivity contribution is 5.89. The van der Waals surface area contributed by atoms with Gasteiger partial charge >= 0.3 is 6.03 Å². The Bertz CT molecular complexity index is 659. The molecule has 1 atom stereocenters. The standard InChI is InChI=1S/C19H24N2O3/c1-14-12-17(8-9-18(14)24-2)21-19(23)20-13-16(10-11-22)15-6-4-3-5-7-15/h3-9,12,16,22H,10-11,13H2,1-2H3,(H2,20,21,23). The molecule has 0 aromatic heterocycles. The van der Waals surface area contributed by atoms with E-state index in [0.29, 0.717) is 18.7 Å². The molecule has 0 saturated carbocycles. The minimum absolute atomic E-state index is 0.0829. The number of aliphatic hydroxyl groups excluding tert-OH is 1. The maximum Gasteiger partial charge on any atom is 0.319 e. The third kappa shape index (κ3) is 4.99. The van der Waals surface area contributed by atoms with Gasteiger partial charge in [-0.3, -0.25) is 0 Å². The monoisotopic (exact) mass is 328 g/mol. The number of ether oxygens (including phenoxy) is 1. The molecule has 2 aromatic carbocycles. The lowest BCUT2D eigenvalue weighted by molar-refractivity contribution is 0.248. The minimum Gasteiger partial charge on any atom is -0.496 e. The van der Waals surface area contributed by atoms with E-state index in [1.807, 2.05) is 49.4 Å². The quantitative estimate of drug-likeness (QED) is 0.730. The Morgan fingerprint density at radius 2 is 1.96 bits per heavy atom. The van der Waals surface area contributed by atoms with E-state index in [-0.39, 0.29) is 18.6 Å². The second kappa shape index (κ2) is 8.93. The van der Waals surface area contributed by atoms with Gasteiger partial charge in [-0.25, -0.2) is 4.79 Å². The molecule has 2 amide bonds. The highest BCUT2D eigenvalue weighted by Gasteiger charge is 2.12. The van der Waals surface area contributed by atoms with Gasteiger partial charge in [0.2, 0.25) is 0 Å². The number of carbonyl (C=O) groups is 1. The number of aryl methyl sites for hydroxylation is 1. The van der Waals surface area contributed by atoms with Crippen LogP contribution < -0.4 is 15.4 Å². The summed E-state index contributed by atoms with van der Waals surface area (Å²) in [6.07, 6.45) is 0.603.